The Morgan fingerprint density at radius 1 is 1.10 bits per heavy atom. The van der Waals surface area contributed by atoms with E-state index in [1.54, 1.807) is 38.2 Å². The van der Waals surface area contributed by atoms with Gasteiger partial charge in [0.05, 0.1) is 32.2 Å². The Labute approximate surface area is 184 Å². The van der Waals surface area contributed by atoms with E-state index in [0.29, 0.717) is 43.4 Å². The Morgan fingerprint density at radius 2 is 1.79 bits per heavy atom. The zero-order valence-corrected chi connectivity index (χ0v) is 18.6. The highest BCUT2D eigenvalue weighted by molar-refractivity contribution is 9.10. The highest BCUT2D eigenvalue weighted by Crippen LogP contribution is 2.38. The number of aromatic nitrogens is 2. The zero-order chi connectivity index (χ0) is 20.9. The summed E-state index contributed by atoms with van der Waals surface area (Å²) in [6.07, 6.45) is 1.57. The van der Waals surface area contributed by atoms with Crippen LogP contribution in [0.25, 0.3) is 21.7 Å². The lowest BCUT2D eigenvalue weighted by molar-refractivity contribution is 0.0786. The van der Waals surface area contributed by atoms with Crippen LogP contribution in [0.5, 0.6) is 0 Å². The molecule has 4 rings (SSSR count). The van der Waals surface area contributed by atoms with Crippen LogP contribution in [0.1, 0.15) is 19.4 Å². The molecule has 5 nitrogen and oxygen atoms in total. The van der Waals surface area contributed by atoms with Crippen LogP contribution in [0, 0.1) is 0 Å². The van der Waals surface area contributed by atoms with Crippen molar-refractivity contribution in [2.24, 2.45) is 0 Å². The van der Waals surface area contributed by atoms with Gasteiger partial charge in [-0.3, -0.25) is 4.79 Å². The third-order valence-electron chi connectivity index (χ3n) is 4.67. The minimum Gasteiger partial charge on any atom is -0.386 e. The predicted octanol–water partition coefficient (Wildman–Crippen LogP) is 6.12. The SMILES string of the molecule is CC(C)(O)c1cc(Cl)c(Nc2nc3ccc(Br)cc3c3c(=O)[nH]ccc23)c(Cl)c1. The standard InChI is InChI=1S/C21H16BrCl2N3O2/c1-21(2,29)10-7-14(23)18(15(24)8-10)27-19-12-5-6-25-20(28)17(12)13-9-11(22)3-4-16(13)26-19/h3-9,29H,1-2H3,(H,25,28)(H,26,27). The molecule has 0 saturated heterocycles. The lowest BCUT2D eigenvalue weighted by Crippen LogP contribution is -2.15. The summed E-state index contributed by atoms with van der Waals surface area (Å²) in [5.74, 6) is 0.459. The number of aliphatic hydroxyl groups is 1. The van der Waals surface area contributed by atoms with Gasteiger partial charge in [-0.2, -0.15) is 0 Å². The second-order valence-corrected chi connectivity index (χ2v) is 8.95. The van der Waals surface area contributed by atoms with Gasteiger partial charge in [-0.15, -0.1) is 0 Å². The Hall–Kier alpha value is -2.12. The largest absolute Gasteiger partial charge is 0.386 e. The zero-order valence-electron chi connectivity index (χ0n) is 15.5. The fourth-order valence-corrected chi connectivity index (χ4v) is 4.13. The van der Waals surface area contributed by atoms with E-state index in [9.17, 15) is 9.90 Å². The van der Waals surface area contributed by atoms with Gasteiger partial charge in [0.2, 0.25) is 0 Å². The highest BCUT2D eigenvalue weighted by atomic mass is 79.9. The van der Waals surface area contributed by atoms with Gasteiger partial charge in [0.1, 0.15) is 5.82 Å². The third kappa shape index (κ3) is 3.73. The van der Waals surface area contributed by atoms with E-state index in [2.05, 4.69) is 31.2 Å². The van der Waals surface area contributed by atoms with Crippen molar-refractivity contribution in [1.82, 2.24) is 9.97 Å². The first-order chi connectivity index (χ1) is 13.6. The molecular weight excluding hydrogens is 477 g/mol. The van der Waals surface area contributed by atoms with Gasteiger partial charge in [-0.05, 0) is 55.8 Å². The highest BCUT2D eigenvalue weighted by Gasteiger charge is 2.20. The van der Waals surface area contributed by atoms with Gasteiger partial charge >= 0.3 is 0 Å². The Morgan fingerprint density at radius 3 is 2.45 bits per heavy atom. The van der Waals surface area contributed by atoms with Gasteiger partial charge in [-0.25, -0.2) is 4.98 Å². The lowest BCUT2D eigenvalue weighted by Gasteiger charge is -2.20. The number of hydrogen-bond donors (Lipinski definition) is 3. The number of anilines is 2. The summed E-state index contributed by atoms with van der Waals surface area (Å²) >= 11 is 16.4. The number of aromatic amines is 1. The number of nitrogens with one attached hydrogen (secondary N) is 2. The molecule has 2 heterocycles. The second kappa shape index (κ2) is 7.29. The minimum atomic E-state index is -1.08. The van der Waals surface area contributed by atoms with Crippen molar-refractivity contribution in [2.75, 3.05) is 5.32 Å². The summed E-state index contributed by atoms with van der Waals surface area (Å²) in [5.41, 5.74) is 0.397. The van der Waals surface area contributed by atoms with Crippen LogP contribution in [0.3, 0.4) is 0 Å². The van der Waals surface area contributed by atoms with E-state index in [-0.39, 0.29) is 5.56 Å². The first-order valence-corrected chi connectivity index (χ1v) is 10.3. The first kappa shape index (κ1) is 20.2. The number of fused-ring (bicyclic) bond motifs is 3. The van der Waals surface area contributed by atoms with Crippen LogP contribution in [-0.4, -0.2) is 15.1 Å². The number of halogens is 3. The average molecular weight is 493 g/mol. The fourth-order valence-electron chi connectivity index (χ4n) is 3.19. The van der Waals surface area contributed by atoms with Crippen LogP contribution in [-0.2, 0) is 5.60 Å². The van der Waals surface area contributed by atoms with E-state index >= 15 is 0 Å². The van der Waals surface area contributed by atoms with Gasteiger partial charge in [0, 0.05) is 21.4 Å². The van der Waals surface area contributed by atoms with Gasteiger partial charge in [-0.1, -0.05) is 39.1 Å². The van der Waals surface area contributed by atoms with Crippen molar-refractivity contribution in [2.45, 2.75) is 19.4 Å². The van der Waals surface area contributed by atoms with Crippen LogP contribution in [0.2, 0.25) is 10.0 Å². The normalized spacial score (nSPS) is 11.9. The summed E-state index contributed by atoms with van der Waals surface area (Å²) in [6, 6.07) is 10.6. The summed E-state index contributed by atoms with van der Waals surface area (Å²) in [5, 5.41) is 16.0. The molecule has 4 aromatic rings. The Balaban J connectivity index is 1.95. The molecule has 0 spiro atoms. The number of H-pyrrole nitrogens is 1. The Bertz CT molecular complexity index is 1310. The molecule has 0 bridgehead atoms. The molecule has 3 N–H and O–H groups in total. The molecular formula is C21H16BrCl2N3O2. The first-order valence-electron chi connectivity index (χ1n) is 8.75. The molecule has 0 amide bonds. The quantitative estimate of drug-likeness (QED) is 0.301. The van der Waals surface area contributed by atoms with Gasteiger partial charge < -0.3 is 15.4 Å². The number of pyridine rings is 2. The van der Waals surface area contributed by atoms with Crippen molar-refractivity contribution in [3.05, 3.63) is 73.0 Å². The van der Waals surface area contributed by atoms with Crippen LogP contribution < -0.4 is 10.9 Å². The van der Waals surface area contributed by atoms with E-state index in [1.807, 2.05) is 18.2 Å². The Kier molecular flexibility index (Phi) is 5.07. The van der Waals surface area contributed by atoms with Gasteiger partial charge in [0.25, 0.3) is 5.56 Å². The molecule has 0 aliphatic heterocycles. The molecule has 0 fully saturated rings. The molecule has 0 aliphatic carbocycles. The van der Waals surface area contributed by atoms with E-state index < -0.39 is 5.60 Å². The molecule has 0 saturated carbocycles. The van der Waals surface area contributed by atoms with Crippen molar-refractivity contribution < 1.29 is 5.11 Å². The molecule has 0 unspecified atom stereocenters. The summed E-state index contributed by atoms with van der Waals surface area (Å²) in [7, 11) is 0. The molecule has 29 heavy (non-hydrogen) atoms. The third-order valence-corrected chi connectivity index (χ3v) is 5.76. The van der Waals surface area contributed by atoms with Crippen molar-refractivity contribution in [1.29, 1.82) is 0 Å². The number of hydrogen-bond acceptors (Lipinski definition) is 4. The summed E-state index contributed by atoms with van der Waals surface area (Å²) < 4.78 is 0.852. The molecule has 0 radical (unpaired) electrons. The van der Waals surface area contributed by atoms with Crippen molar-refractivity contribution in [3.8, 4) is 0 Å². The minimum absolute atomic E-state index is 0.217. The molecule has 148 valence electrons. The smallest absolute Gasteiger partial charge is 0.256 e. The second-order valence-electron chi connectivity index (χ2n) is 7.22. The van der Waals surface area contributed by atoms with Gasteiger partial charge in [0.15, 0.2) is 0 Å². The van der Waals surface area contributed by atoms with Crippen LogP contribution in [0.4, 0.5) is 11.5 Å². The maximum Gasteiger partial charge on any atom is 0.256 e. The molecule has 8 heteroatoms. The molecule has 0 atom stereocenters. The number of benzene rings is 2. The molecule has 0 aliphatic rings. The van der Waals surface area contributed by atoms with Crippen LogP contribution in [0.15, 0.2) is 51.9 Å². The van der Waals surface area contributed by atoms with E-state index in [1.165, 1.54) is 0 Å². The van der Waals surface area contributed by atoms with E-state index in [4.69, 9.17) is 23.2 Å². The monoisotopic (exact) mass is 491 g/mol. The summed E-state index contributed by atoms with van der Waals surface area (Å²) in [6.45, 7) is 3.32. The molecule has 2 aromatic carbocycles. The van der Waals surface area contributed by atoms with Crippen molar-refractivity contribution >= 4 is 72.3 Å². The summed E-state index contributed by atoms with van der Waals surface area (Å²) in [4.78, 5) is 20.0. The van der Waals surface area contributed by atoms with Crippen LogP contribution >= 0.6 is 39.1 Å². The number of nitrogens with zero attached hydrogens (tertiary/aromatic N) is 1. The maximum absolute atomic E-state index is 12.6. The average Bonchev–Trinajstić information content (AvgIpc) is 2.64. The fraction of sp³-hybridized carbons (Fsp3) is 0.143. The number of rotatable bonds is 3. The topological polar surface area (TPSA) is 78.0 Å². The lowest BCUT2D eigenvalue weighted by atomic mass is 9.98. The van der Waals surface area contributed by atoms with Crippen molar-refractivity contribution in [3.63, 3.8) is 0 Å². The predicted molar refractivity (Wildman–Crippen MR) is 123 cm³/mol. The maximum atomic E-state index is 12.6. The van der Waals surface area contributed by atoms with E-state index in [0.717, 1.165) is 9.86 Å². The molecule has 2 aromatic heterocycles.